The Bertz CT molecular complexity index is 1540. The van der Waals surface area contributed by atoms with Gasteiger partial charge in [-0.25, -0.2) is 4.79 Å². The molecule has 2 aromatic carbocycles. The van der Waals surface area contributed by atoms with Gasteiger partial charge in [0.05, 0.1) is 19.6 Å². The molecule has 228 valence electrons. The smallest absolute Gasteiger partial charge is 0.423 e. The van der Waals surface area contributed by atoms with E-state index in [1.165, 1.54) is 31.2 Å². The van der Waals surface area contributed by atoms with Crippen LogP contribution in [0.3, 0.4) is 0 Å². The van der Waals surface area contributed by atoms with Crippen LogP contribution in [0.15, 0.2) is 36.4 Å². The molecule has 0 radical (unpaired) electrons. The van der Waals surface area contributed by atoms with Gasteiger partial charge in [0.25, 0.3) is 23.6 Å². The molecular formula is C27H28B2N4O11. The van der Waals surface area contributed by atoms with Crippen molar-refractivity contribution in [2.75, 3.05) is 13.1 Å². The van der Waals surface area contributed by atoms with Crippen molar-refractivity contribution in [3.63, 3.8) is 0 Å². The van der Waals surface area contributed by atoms with Crippen LogP contribution < -0.4 is 26.9 Å². The van der Waals surface area contributed by atoms with Crippen molar-refractivity contribution in [3.05, 3.63) is 58.7 Å². The topological polar surface area (TPSA) is 210 Å². The summed E-state index contributed by atoms with van der Waals surface area (Å²) in [5.41, 5.74) is 0.832. The Kier molecular flexibility index (Phi) is 8.82. The Labute approximate surface area is 251 Å². The van der Waals surface area contributed by atoms with E-state index in [4.69, 9.17) is 14.1 Å². The molecule has 3 heterocycles. The van der Waals surface area contributed by atoms with E-state index >= 15 is 0 Å². The van der Waals surface area contributed by atoms with Crippen LogP contribution in [0.5, 0.6) is 0 Å². The van der Waals surface area contributed by atoms with Gasteiger partial charge >= 0.3 is 20.2 Å². The molecule has 1 saturated heterocycles. The van der Waals surface area contributed by atoms with Crippen LogP contribution in [0, 0.1) is 0 Å². The van der Waals surface area contributed by atoms with Crippen molar-refractivity contribution in [2.45, 2.75) is 44.9 Å². The third kappa shape index (κ3) is 6.50. The van der Waals surface area contributed by atoms with Gasteiger partial charge < -0.3 is 40.1 Å². The number of carbonyl (C=O) groups excluding carboxylic acids is 6. The summed E-state index contributed by atoms with van der Waals surface area (Å²) in [6.07, 6.45) is -0.535. The van der Waals surface area contributed by atoms with Crippen molar-refractivity contribution in [3.8, 4) is 0 Å². The second-order valence-electron chi connectivity index (χ2n) is 10.7. The van der Waals surface area contributed by atoms with E-state index in [9.17, 15) is 38.8 Å². The number of fused-ring (bicyclic) bond motifs is 2. The predicted octanol–water partition coefficient (Wildman–Crippen LogP) is -2.85. The summed E-state index contributed by atoms with van der Waals surface area (Å²) in [7, 11) is -2.37. The molecule has 0 unspecified atom stereocenters. The average molecular weight is 606 g/mol. The Hall–Kier alpha value is -4.57. The first-order chi connectivity index (χ1) is 20.9. The zero-order valence-electron chi connectivity index (χ0n) is 23.6. The van der Waals surface area contributed by atoms with Crippen LogP contribution in [0.25, 0.3) is 0 Å². The molecule has 5 amide bonds. The molecule has 17 heteroatoms. The van der Waals surface area contributed by atoms with Gasteiger partial charge in [-0.1, -0.05) is 12.1 Å². The number of imide groups is 1. The Morgan fingerprint density at radius 1 is 0.886 bits per heavy atom. The highest BCUT2D eigenvalue weighted by Crippen LogP contribution is 2.15. The summed E-state index contributed by atoms with van der Waals surface area (Å²) >= 11 is 0. The molecule has 1 atom stereocenters. The number of nitrogens with one attached hydrogen (secondary N) is 3. The minimum atomic E-state index is -1.76. The molecule has 3 aliphatic rings. The molecule has 3 aliphatic heterocycles. The van der Waals surface area contributed by atoms with Gasteiger partial charge in [-0.2, -0.15) is 0 Å². The van der Waals surface area contributed by atoms with E-state index in [-0.39, 0.29) is 43.7 Å². The number of rotatable bonds is 10. The summed E-state index contributed by atoms with van der Waals surface area (Å²) in [4.78, 5) is 80.0. The second-order valence-corrected chi connectivity index (χ2v) is 10.7. The summed E-state index contributed by atoms with van der Waals surface area (Å²) in [5, 5.41) is 28.2. The number of benzene rings is 2. The molecule has 0 aliphatic carbocycles. The van der Waals surface area contributed by atoms with E-state index in [0.717, 1.165) is 5.56 Å². The third-order valence-electron chi connectivity index (χ3n) is 7.45. The van der Waals surface area contributed by atoms with Gasteiger partial charge in [0.15, 0.2) is 0 Å². The fraction of sp³-hybridized carbons (Fsp3) is 0.333. The number of hydrogen-bond acceptors (Lipinski definition) is 11. The van der Waals surface area contributed by atoms with Crippen molar-refractivity contribution >= 4 is 60.7 Å². The van der Waals surface area contributed by atoms with Gasteiger partial charge in [0.1, 0.15) is 5.54 Å². The standard InChI is InChI=1S/C27H28B2N4O11/c1-27(32-25(38)16-3-5-18-13-43-29(41)20(18)11-16,14-31-24(37)15-2-4-17-12-42-28(40)19(17)10-15)26(39)30-9-8-23(36)44-33-21(34)6-7-22(33)35/h2-5,10-11,40-41H,6-9,12-14H2,1H3,(H,30,39)(H,31,37)(H,32,38)/t27-/m0/s1. The maximum atomic E-state index is 13.4. The van der Waals surface area contributed by atoms with Crippen LogP contribution in [-0.4, -0.2) is 83.5 Å². The summed E-state index contributed by atoms with van der Waals surface area (Å²) < 4.78 is 10.3. The molecule has 0 aromatic heterocycles. The first-order valence-corrected chi connectivity index (χ1v) is 13.8. The SMILES string of the molecule is C[C@@](CNC(=O)c1ccc2c(c1)B(O)OC2)(NC(=O)c1ccc2c(c1)B(O)OC2)C(=O)NCCC(=O)ON1C(=O)CCC1=O. The number of carbonyl (C=O) groups is 6. The van der Waals surface area contributed by atoms with Crippen LogP contribution >= 0.6 is 0 Å². The van der Waals surface area contributed by atoms with E-state index in [0.29, 0.717) is 21.6 Å². The fourth-order valence-corrected chi connectivity index (χ4v) is 4.85. The lowest BCUT2D eigenvalue weighted by molar-refractivity contribution is -0.197. The second kappa shape index (κ2) is 12.6. The van der Waals surface area contributed by atoms with E-state index in [1.807, 2.05) is 0 Å². The lowest BCUT2D eigenvalue weighted by Crippen LogP contribution is -2.62. The van der Waals surface area contributed by atoms with Crippen molar-refractivity contribution in [2.24, 2.45) is 0 Å². The maximum absolute atomic E-state index is 13.4. The first-order valence-electron chi connectivity index (χ1n) is 13.8. The monoisotopic (exact) mass is 606 g/mol. The summed E-state index contributed by atoms with van der Waals surface area (Å²) in [6, 6.07) is 9.20. The molecule has 1 fully saturated rings. The zero-order valence-corrected chi connectivity index (χ0v) is 23.6. The van der Waals surface area contributed by atoms with Crippen LogP contribution in [0.1, 0.15) is 58.0 Å². The Balaban J connectivity index is 1.27. The van der Waals surface area contributed by atoms with Gasteiger partial charge in [-0.15, -0.1) is 5.06 Å². The van der Waals surface area contributed by atoms with E-state index < -0.39 is 68.2 Å². The normalized spacial score (nSPS) is 16.8. The molecule has 5 N–H and O–H groups in total. The molecule has 5 rings (SSSR count). The highest BCUT2D eigenvalue weighted by molar-refractivity contribution is 6.62. The molecule has 44 heavy (non-hydrogen) atoms. The van der Waals surface area contributed by atoms with Crippen LogP contribution in [0.2, 0.25) is 0 Å². The van der Waals surface area contributed by atoms with Gasteiger partial charge in [0, 0.05) is 37.1 Å². The molecule has 15 nitrogen and oxygen atoms in total. The highest BCUT2D eigenvalue weighted by Gasteiger charge is 2.38. The fourth-order valence-electron chi connectivity index (χ4n) is 4.85. The average Bonchev–Trinajstić information content (AvgIpc) is 3.67. The zero-order chi connectivity index (χ0) is 31.6. The van der Waals surface area contributed by atoms with Gasteiger partial charge in [0.2, 0.25) is 5.91 Å². The quantitative estimate of drug-likeness (QED) is 0.137. The van der Waals surface area contributed by atoms with E-state index in [1.54, 1.807) is 12.1 Å². The van der Waals surface area contributed by atoms with Crippen molar-refractivity contribution in [1.82, 2.24) is 21.0 Å². The number of nitrogens with zero attached hydrogens (tertiary/aromatic N) is 1. The van der Waals surface area contributed by atoms with Gasteiger partial charge in [-0.3, -0.25) is 24.0 Å². The lowest BCUT2D eigenvalue weighted by Gasteiger charge is -2.30. The highest BCUT2D eigenvalue weighted by atomic mass is 16.7. The molecule has 2 aromatic rings. The predicted molar refractivity (Wildman–Crippen MR) is 151 cm³/mol. The van der Waals surface area contributed by atoms with Gasteiger partial charge in [-0.05, 0) is 53.2 Å². The lowest BCUT2D eigenvalue weighted by atomic mass is 9.78. The van der Waals surface area contributed by atoms with Crippen molar-refractivity contribution < 1.29 is 53.0 Å². The number of hydrogen-bond donors (Lipinski definition) is 5. The van der Waals surface area contributed by atoms with E-state index in [2.05, 4.69) is 16.0 Å². The van der Waals surface area contributed by atoms with Crippen LogP contribution in [0.4, 0.5) is 0 Å². The first kappa shape index (κ1) is 30.9. The maximum Gasteiger partial charge on any atom is 0.491 e. The number of amides is 5. The minimum absolute atomic E-state index is 0.0668. The molecule has 0 spiro atoms. The Morgan fingerprint density at radius 2 is 1.43 bits per heavy atom. The van der Waals surface area contributed by atoms with Crippen LogP contribution in [-0.2, 0) is 46.5 Å². The summed E-state index contributed by atoms with van der Waals surface area (Å²) in [6.45, 7) is 1.08. The Morgan fingerprint density at radius 3 is 2.00 bits per heavy atom. The third-order valence-corrected chi connectivity index (χ3v) is 7.45. The summed E-state index contributed by atoms with van der Waals surface area (Å²) in [5.74, 6) is -4.28. The molecule has 0 saturated carbocycles. The molecular weight excluding hydrogens is 578 g/mol. The minimum Gasteiger partial charge on any atom is -0.423 e. The number of hydroxylamine groups is 2. The largest absolute Gasteiger partial charge is 0.491 e. The molecule has 0 bridgehead atoms. The van der Waals surface area contributed by atoms with Crippen molar-refractivity contribution in [1.29, 1.82) is 0 Å².